The zero-order valence-corrected chi connectivity index (χ0v) is 9.66. The summed E-state index contributed by atoms with van der Waals surface area (Å²) in [5, 5.41) is 9.34. The fraction of sp³-hybridized carbons (Fsp3) is 0.143. The molecule has 0 bridgehead atoms. The minimum absolute atomic E-state index is 0.784. The summed E-state index contributed by atoms with van der Waals surface area (Å²) in [6.07, 6.45) is 0. The molecule has 2 aromatic rings. The molecule has 0 radical (unpaired) electrons. The van der Waals surface area contributed by atoms with Gasteiger partial charge in [-0.2, -0.15) is 17.6 Å². The Bertz CT molecular complexity index is 567. The largest absolute Gasteiger partial charge is 0.507 e. The number of alkyl halides is 4. The second kappa shape index (κ2) is 4.57. The molecule has 0 aliphatic heterocycles. The van der Waals surface area contributed by atoms with Crippen molar-refractivity contribution in [3.05, 3.63) is 65.7 Å². The topological polar surface area (TPSA) is 20.2 Å². The Balaban J connectivity index is 2.53. The van der Waals surface area contributed by atoms with Crippen LogP contribution in [0.15, 0.2) is 54.6 Å². The van der Waals surface area contributed by atoms with Crippen LogP contribution in [0, 0.1) is 0 Å². The lowest BCUT2D eigenvalue weighted by atomic mass is 9.95. The van der Waals surface area contributed by atoms with Crippen LogP contribution in [0.3, 0.4) is 0 Å². The number of rotatable bonds is 3. The van der Waals surface area contributed by atoms with Crippen LogP contribution in [0.2, 0.25) is 0 Å². The molecule has 2 rings (SSSR count). The Morgan fingerprint density at radius 2 is 1.21 bits per heavy atom. The van der Waals surface area contributed by atoms with E-state index in [1.807, 2.05) is 0 Å². The first-order valence-electron chi connectivity index (χ1n) is 5.47. The molecule has 19 heavy (non-hydrogen) atoms. The van der Waals surface area contributed by atoms with Gasteiger partial charge in [-0.3, -0.25) is 0 Å². The van der Waals surface area contributed by atoms with Crippen molar-refractivity contribution in [2.24, 2.45) is 0 Å². The van der Waals surface area contributed by atoms with Crippen LogP contribution >= 0.6 is 0 Å². The minimum Gasteiger partial charge on any atom is -0.507 e. The summed E-state index contributed by atoms with van der Waals surface area (Å²) >= 11 is 0. The Hall–Kier alpha value is -2.04. The molecule has 0 spiro atoms. The van der Waals surface area contributed by atoms with Crippen LogP contribution in [-0.4, -0.2) is 5.11 Å². The fourth-order valence-electron chi connectivity index (χ4n) is 1.74. The molecule has 0 atom stereocenters. The van der Waals surface area contributed by atoms with E-state index in [9.17, 15) is 22.7 Å². The lowest BCUT2D eigenvalue weighted by Crippen LogP contribution is -2.35. The summed E-state index contributed by atoms with van der Waals surface area (Å²) in [4.78, 5) is 0. The Labute approximate surface area is 107 Å². The van der Waals surface area contributed by atoms with E-state index < -0.39 is 28.7 Å². The maximum Gasteiger partial charge on any atom is 0.343 e. The molecule has 1 nitrogen and oxygen atoms in total. The predicted molar refractivity (Wildman–Crippen MR) is 62.3 cm³/mol. The molecule has 0 aliphatic carbocycles. The fourth-order valence-corrected chi connectivity index (χ4v) is 1.74. The molecule has 0 saturated carbocycles. The molecule has 2 aromatic carbocycles. The number of hydrogen-bond donors (Lipinski definition) is 1. The maximum absolute atomic E-state index is 14.0. The third-order valence-corrected chi connectivity index (χ3v) is 2.77. The molecule has 0 saturated heterocycles. The van der Waals surface area contributed by atoms with Gasteiger partial charge in [-0.05, 0) is 12.1 Å². The Morgan fingerprint density at radius 1 is 0.684 bits per heavy atom. The van der Waals surface area contributed by atoms with Gasteiger partial charge in [0.2, 0.25) is 0 Å². The van der Waals surface area contributed by atoms with Crippen molar-refractivity contribution in [1.82, 2.24) is 0 Å². The highest BCUT2D eigenvalue weighted by atomic mass is 19.3. The number of benzene rings is 2. The van der Waals surface area contributed by atoms with E-state index in [0.29, 0.717) is 0 Å². The molecule has 0 amide bonds. The van der Waals surface area contributed by atoms with E-state index in [1.165, 1.54) is 30.3 Å². The van der Waals surface area contributed by atoms with E-state index in [1.54, 1.807) is 0 Å². The molecule has 0 unspecified atom stereocenters. The third-order valence-electron chi connectivity index (χ3n) is 2.77. The highest BCUT2D eigenvalue weighted by Crippen LogP contribution is 2.51. The highest BCUT2D eigenvalue weighted by Gasteiger charge is 2.59. The van der Waals surface area contributed by atoms with Crippen molar-refractivity contribution in [2.75, 3.05) is 0 Å². The van der Waals surface area contributed by atoms with Crippen molar-refractivity contribution in [2.45, 2.75) is 11.8 Å². The first-order chi connectivity index (χ1) is 8.87. The monoisotopic (exact) mass is 270 g/mol. The van der Waals surface area contributed by atoms with Crippen LogP contribution < -0.4 is 0 Å². The van der Waals surface area contributed by atoms with Gasteiger partial charge in [0.25, 0.3) is 0 Å². The van der Waals surface area contributed by atoms with Crippen molar-refractivity contribution < 1.29 is 22.7 Å². The minimum atomic E-state index is -4.50. The summed E-state index contributed by atoms with van der Waals surface area (Å²) in [7, 11) is 0. The van der Waals surface area contributed by atoms with Gasteiger partial charge >= 0.3 is 11.8 Å². The average molecular weight is 270 g/mol. The van der Waals surface area contributed by atoms with Gasteiger partial charge < -0.3 is 5.11 Å². The molecular weight excluding hydrogens is 260 g/mol. The molecule has 0 aromatic heterocycles. The van der Waals surface area contributed by atoms with Gasteiger partial charge in [-0.25, -0.2) is 0 Å². The molecule has 0 aliphatic rings. The normalized spacial score (nSPS) is 12.4. The van der Waals surface area contributed by atoms with E-state index in [4.69, 9.17) is 0 Å². The number of phenolic OH excluding ortho intramolecular Hbond substituents is 1. The smallest absolute Gasteiger partial charge is 0.343 e. The van der Waals surface area contributed by atoms with E-state index >= 15 is 0 Å². The summed E-state index contributed by atoms with van der Waals surface area (Å²) in [5.41, 5.74) is -1.90. The van der Waals surface area contributed by atoms with Crippen molar-refractivity contribution in [3.63, 3.8) is 0 Å². The Morgan fingerprint density at radius 3 is 1.79 bits per heavy atom. The first kappa shape index (κ1) is 13.4. The summed E-state index contributed by atoms with van der Waals surface area (Å²) in [6, 6.07) is 10.0. The van der Waals surface area contributed by atoms with E-state index in [2.05, 4.69) is 0 Å². The van der Waals surface area contributed by atoms with Gasteiger partial charge in [-0.15, -0.1) is 0 Å². The molecule has 0 heterocycles. The highest BCUT2D eigenvalue weighted by molar-refractivity contribution is 5.39. The zero-order valence-electron chi connectivity index (χ0n) is 9.66. The van der Waals surface area contributed by atoms with Crippen LogP contribution in [0.1, 0.15) is 11.1 Å². The lowest BCUT2D eigenvalue weighted by Gasteiger charge is -2.27. The molecule has 0 fully saturated rings. The van der Waals surface area contributed by atoms with Gasteiger partial charge in [0, 0.05) is 5.56 Å². The van der Waals surface area contributed by atoms with Crippen LogP contribution in [0.5, 0.6) is 5.75 Å². The quantitative estimate of drug-likeness (QED) is 0.825. The van der Waals surface area contributed by atoms with Gasteiger partial charge in [0.1, 0.15) is 5.75 Å². The number of hydrogen-bond acceptors (Lipinski definition) is 1. The zero-order chi connectivity index (χ0) is 14.1. The number of phenols is 1. The maximum atomic E-state index is 14.0. The van der Waals surface area contributed by atoms with Gasteiger partial charge in [0.15, 0.2) is 0 Å². The Kier molecular flexibility index (Phi) is 3.22. The van der Waals surface area contributed by atoms with Crippen molar-refractivity contribution in [1.29, 1.82) is 0 Å². The second-order valence-electron chi connectivity index (χ2n) is 4.03. The number of aromatic hydroxyl groups is 1. The van der Waals surface area contributed by atoms with Gasteiger partial charge in [0.05, 0.1) is 5.56 Å². The van der Waals surface area contributed by atoms with Gasteiger partial charge in [-0.1, -0.05) is 42.5 Å². The third kappa shape index (κ3) is 2.16. The molecule has 5 heteroatoms. The van der Waals surface area contributed by atoms with Crippen LogP contribution in [0.25, 0.3) is 0 Å². The summed E-state index contributed by atoms with van der Waals surface area (Å²) in [5.74, 6) is -9.77. The number of halogens is 4. The summed E-state index contributed by atoms with van der Waals surface area (Å²) < 4.78 is 55.8. The predicted octanol–water partition coefficient (Wildman–Crippen LogP) is 4.28. The average Bonchev–Trinajstić information content (AvgIpc) is 2.40. The first-order valence-corrected chi connectivity index (χ1v) is 5.47. The van der Waals surface area contributed by atoms with Crippen molar-refractivity contribution >= 4 is 0 Å². The molecular formula is C14H10F4O. The standard InChI is InChI=1S/C14H10F4O/c15-13(16,10-6-2-1-3-7-10)14(17,18)11-8-4-5-9-12(11)19/h1-9,19H. The van der Waals surface area contributed by atoms with Crippen LogP contribution in [-0.2, 0) is 11.8 Å². The molecule has 100 valence electrons. The van der Waals surface area contributed by atoms with Crippen LogP contribution in [0.4, 0.5) is 17.6 Å². The lowest BCUT2D eigenvalue weighted by molar-refractivity contribution is -0.224. The number of para-hydroxylation sites is 1. The second-order valence-corrected chi connectivity index (χ2v) is 4.03. The SMILES string of the molecule is Oc1ccccc1C(F)(F)C(F)(F)c1ccccc1. The van der Waals surface area contributed by atoms with Crippen molar-refractivity contribution in [3.8, 4) is 5.75 Å². The molecule has 1 N–H and O–H groups in total. The van der Waals surface area contributed by atoms with E-state index in [0.717, 1.165) is 24.3 Å². The van der Waals surface area contributed by atoms with E-state index in [-0.39, 0.29) is 0 Å². The summed E-state index contributed by atoms with van der Waals surface area (Å²) in [6.45, 7) is 0.